The van der Waals surface area contributed by atoms with Crippen LogP contribution in [0, 0.1) is 6.92 Å². The van der Waals surface area contributed by atoms with E-state index in [1.807, 2.05) is 6.92 Å². The molecular formula is C12H16N2O4S. The Morgan fingerprint density at radius 1 is 1.37 bits per heavy atom. The molecule has 19 heavy (non-hydrogen) atoms. The number of benzene rings is 1. The number of carboxylic acid groups (broad SMARTS) is 1. The maximum Gasteiger partial charge on any atom is 0.322 e. The number of hydrogen-bond acceptors (Lipinski definition) is 4. The molecule has 7 heteroatoms. The minimum atomic E-state index is -3.81. The number of aryl methyl sites for hydroxylation is 1. The lowest BCUT2D eigenvalue weighted by Gasteiger charge is -2.20. The van der Waals surface area contributed by atoms with Crippen molar-refractivity contribution < 1.29 is 18.3 Å². The molecule has 1 aliphatic rings. The van der Waals surface area contributed by atoms with Gasteiger partial charge in [-0.1, -0.05) is 17.7 Å². The molecule has 1 unspecified atom stereocenters. The molecule has 1 aromatic rings. The summed E-state index contributed by atoms with van der Waals surface area (Å²) in [6.07, 6.45) is 0.139. The van der Waals surface area contributed by atoms with E-state index < -0.39 is 28.1 Å². The van der Waals surface area contributed by atoms with Gasteiger partial charge in [0.25, 0.3) is 0 Å². The Labute approximate surface area is 111 Å². The van der Waals surface area contributed by atoms with Crippen molar-refractivity contribution in [2.75, 3.05) is 6.54 Å². The molecule has 0 spiro atoms. The van der Waals surface area contributed by atoms with Crippen molar-refractivity contribution in [3.8, 4) is 0 Å². The van der Waals surface area contributed by atoms with Gasteiger partial charge in [-0.05, 0) is 25.5 Å². The van der Waals surface area contributed by atoms with E-state index in [2.05, 4.69) is 0 Å². The Morgan fingerprint density at radius 3 is 2.47 bits per heavy atom. The van der Waals surface area contributed by atoms with Gasteiger partial charge in [0.15, 0.2) is 0 Å². The summed E-state index contributed by atoms with van der Waals surface area (Å²) in [6.45, 7) is 1.88. The molecule has 0 saturated carbocycles. The van der Waals surface area contributed by atoms with Crippen molar-refractivity contribution in [3.63, 3.8) is 0 Å². The van der Waals surface area contributed by atoms with E-state index >= 15 is 0 Å². The second-order valence-electron chi connectivity index (χ2n) is 4.74. The second-order valence-corrected chi connectivity index (χ2v) is 6.63. The zero-order valence-electron chi connectivity index (χ0n) is 10.5. The lowest BCUT2D eigenvalue weighted by atomic mass is 10.2. The fourth-order valence-electron chi connectivity index (χ4n) is 2.17. The van der Waals surface area contributed by atoms with Crippen molar-refractivity contribution >= 4 is 16.0 Å². The number of carbonyl (C=O) groups is 1. The zero-order chi connectivity index (χ0) is 14.2. The van der Waals surface area contributed by atoms with E-state index in [0.717, 1.165) is 9.87 Å². The molecule has 0 amide bonds. The van der Waals surface area contributed by atoms with Gasteiger partial charge in [-0.3, -0.25) is 4.79 Å². The molecule has 0 aliphatic carbocycles. The third-order valence-electron chi connectivity index (χ3n) is 3.20. The average Bonchev–Trinajstić information content (AvgIpc) is 2.73. The standard InChI is InChI=1S/C12H16N2O4S/c1-8-2-4-10(5-3-8)19(17,18)14-7-9(13)6-11(14)12(15)16/h2-5,9,11H,6-7,13H2,1H3,(H,15,16)/t9?,11-/m0/s1. The summed E-state index contributed by atoms with van der Waals surface area (Å²) in [5.41, 5.74) is 6.62. The molecule has 0 aromatic heterocycles. The first-order valence-electron chi connectivity index (χ1n) is 5.89. The van der Waals surface area contributed by atoms with Crippen molar-refractivity contribution in [2.24, 2.45) is 5.73 Å². The number of carboxylic acids is 1. The van der Waals surface area contributed by atoms with Crippen LogP contribution in [0.3, 0.4) is 0 Å². The summed E-state index contributed by atoms with van der Waals surface area (Å²) >= 11 is 0. The highest BCUT2D eigenvalue weighted by molar-refractivity contribution is 7.89. The zero-order valence-corrected chi connectivity index (χ0v) is 11.3. The minimum absolute atomic E-state index is 0.0349. The number of nitrogens with two attached hydrogens (primary N) is 1. The van der Waals surface area contributed by atoms with Crippen molar-refractivity contribution in [1.82, 2.24) is 4.31 Å². The van der Waals surface area contributed by atoms with Crippen LogP contribution in [-0.4, -0.2) is 42.4 Å². The Hall–Kier alpha value is -1.44. The van der Waals surface area contributed by atoms with Crippen LogP contribution < -0.4 is 5.73 Å². The average molecular weight is 284 g/mol. The predicted molar refractivity (Wildman–Crippen MR) is 69.1 cm³/mol. The Kier molecular flexibility index (Phi) is 3.62. The highest BCUT2D eigenvalue weighted by atomic mass is 32.2. The van der Waals surface area contributed by atoms with Crippen LogP contribution in [0.4, 0.5) is 0 Å². The van der Waals surface area contributed by atoms with E-state index in [4.69, 9.17) is 10.8 Å². The molecule has 104 valence electrons. The fraction of sp³-hybridized carbons (Fsp3) is 0.417. The maximum absolute atomic E-state index is 12.4. The van der Waals surface area contributed by atoms with Gasteiger partial charge in [-0.15, -0.1) is 0 Å². The third-order valence-corrected chi connectivity index (χ3v) is 5.09. The number of hydrogen-bond donors (Lipinski definition) is 2. The van der Waals surface area contributed by atoms with Gasteiger partial charge in [-0.25, -0.2) is 8.42 Å². The Bertz CT molecular complexity index is 582. The fourth-order valence-corrected chi connectivity index (χ4v) is 3.82. The van der Waals surface area contributed by atoms with Crippen LogP contribution >= 0.6 is 0 Å². The molecule has 1 aromatic carbocycles. The number of nitrogens with zero attached hydrogens (tertiary/aromatic N) is 1. The summed E-state index contributed by atoms with van der Waals surface area (Å²) in [5.74, 6) is -1.16. The van der Waals surface area contributed by atoms with Crippen molar-refractivity contribution in [3.05, 3.63) is 29.8 Å². The van der Waals surface area contributed by atoms with Gasteiger partial charge in [0.05, 0.1) is 4.90 Å². The molecule has 0 radical (unpaired) electrons. The Morgan fingerprint density at radius 2 is 1.95 bits per heavy atom. The summed E-state index contributed by atoms with van der Waals surface area (Å²) < 4.78 is 25.8. The Balaban J connectivity index is 2.38. The van der Waals surface area contributed by atoms with E-state index in [-0.39, 0.29) is 17.9 Å². The first-order chi connectivity index (χ1) is 8.82. The molecule has 1 saturated heterocycles. The molecule has 6 nitrogen and oxygen atoms in total. The topological polar surface area (TPSA) is 101 Å². The number of sulfonamides is 1. The smallest absolute Gasteiger partial charge is 0.322 e. The molecule has 1 fully saturated rings. The van der Waals surface area contributed by atoms with Gasteiger partial charge in [0.1, 0.15) is 6.04 Å². The third kappa shape index (κ3) is 2.63. The summed E-state index contributed by atoms with van der Waals surface area (Å²) in [4.78, 5) is 11.2. The van der Waals surface area contributed by atoms with E-state index in [1.54, 1.807) is 12.1 Å². The molecule has 2 atom stereocenters. The summed E-state index contributed by atoms with van der Waals surface area (Å²) in [7, 11) is -3.81. The lowest BCUT2D eigenvalue weighted by molar-refractivity contribution is -0.140. The molecule has 0 bridgehead atoms. The lowest BCUT2D eigenvalue weighted by Crippen LogP contribution is -2.40. The van der Waals surface area contributed by atoms with Gasteiger partial charge >= 0.3 is 5.97 Å². The summed E-state index contributed by atoms with van der Waals surface area (Å²) in [5, 5.41) is 9.09. The van der Waals surface area contributed by atoms with Gasteiger partial charge in [0.2, 0.25) is 10.0 Å². The largest absolute Gasteiger partial charge is 0.480 e. The molecule has 1 aliphatic heterocycles. The predicted octanol–water partition coefficient (Wildman–Crippen LogP) is 0.170. The van der Waals surface area contributed by atoms with Gasteiger partial charge in [-0.2, -0.15) is 4.31 Å². The first kappa shape index (κ1) is 14.0. The van der Waals surface area contributed by atoms with Crippen molar-refractivity contribution in [1.29, 1.82) is 0 Å². The summed E-state index contributed by atoms with van der Waals surface area (Å²) in [6, 6.07) is 4.79. The van der Waals surface area contributed by atoms with Crippen LogP contribution in [-0.2, 0) is 14.8 Å². The van der Waals surface area contributed by atoms with Crippen LogP contribution in [0.1, 0.15) is 12.0 Å². The maximum atomic E-state index is 12.4. The molecule has 2 rings (SSSR count). The first-order valence-corrected chi connectivity index (χ1v) is 7.33. The van der Waals surface area contributed by atoms with Crippen LogP contribution in [0.5, 0.6) is 0 Å². The van der Waals surface area contributed by atoms with Crippen molar-refractivity contribution in [2.45, 2.75) is 30.3 Å². The normalized spacial score (nSPS) is 24.5. The minimum Gasteiger partial charge on any atom is -0.480 e. The number of aliphatic carboxylic acids is 1. The van der Waals surface area contributed by atoms with Crippen LogP contribution in [0.25, 0.3) is 0 Å². The van der Waals surface area contributed by atoms with Gasteiger partial charge in [0, 0.05) is 12.6 Å². The second kappa shape index (κ2) is 4.92. The molecule has 1 heterocycles. The van der Waals surface area contributed by atoms with Crippen LogP contribution in [0.2, 0.25) is 0 Å². The highest BCUT2D eigenvalue weighted by Crippen LogP contribution is 2.25. The number of rotatable bonds is 3. The highest BCUT2D eigenvalue weighted by Gasteiger charge is 2.42. The van der Waals surface area contributed by atoms with Crippen LogP contribution in [0.15, 0.2) is 29.2 Å². The van der Waals surface area contributed by atoms with E-state index in [9.17, 15) is 13.2 Å². The van der Waals surface area contributed by atoms with E-state index in [1.165, 1.54) is 12.1 Å². The molecule has 3 N–H and O–H groups in total. The quantitative estimate of drug-likeness (QED) is 0.824. The SMILES string of the molecule is Cc1ccc(S(=O)(=O)N2CC(N)C[C@H]2C(=O)O)cc1. The van der Waals surface area contributed by atoms with E-state index in [0.29, 0.717) is 0 Å². The monoisotopic (exact) mass is 284 g/mol. The molecular weight excluding hydrogens is 268 g/mol. The van der Waals surface area contributed by atoms with Gasteiger partial charge < -0.3 is 10.8 Å².